The van der Waals surface area contributed by atoms with Crippen LogP contribution in [0.1, 0.15) is 40.9 Å². The zero-order chi connectivity index (χ0) is 20.2. The summed E-state index contributed by atoms with van der Waals surface area (Å²) >= 11 is 0. The van der Waals surface area contributed by atoms with Crippen molar-refractivity contribution in [3.8, 4) is 0 Å². The van der Waals surface area contributed by atoms with Crippen LogP contribution in [0.4, 0.5) is 4.39 Å². The van der Waals surface area contributed by atoms with Crippen LogP contribution in [-0.2, 0) is 6.42 Å². The monoisotopic (exact) mass is 392 g/mol. The van der Waals surface area contributed by atoms with Gasteiger partial charge in [0.25, 0.3) is 5.91 Å². The molecule has 2 N–H and O–H groups in total. The van der Waals surface area contributed by atoms with Gasteiger partial charge in [0.05, 0.1) is 6.61 Å². The maximum Gasteiger partial charge on any atom is 0.271 e. The summed E-state index contributed by atoms with van der Waals surface area (Å²) in [6, 6.07) is 14.9. The van der Waals surface area contributed by atoms with E-state index in [1.165, 1.54) is 17.7 Å². The predicted molar refractivity (Wildman–Crippen MR) is 110 cm³/mol. The van der Waals surface area contributed by atoms with Gasteiger partial charge in [0, 0.05) is 28.4 Å². The third kappa shape index (κ3) is 2.79. The van der Waals surface area contributed by atoms with Gasteiger partial charge >= 0.3 is 0 Å². The number of amides is 1. The highest BCUT2D eigenvalue weighted by atomic mass is 19.1. The molecule has 0 aliphatic carbocycles. The average molecular weight is 392 g/mol. The number of carbonyl (C=O) groups excluding carboxylic acids is 1. The van der Waals surface area contributed by atoms with E-state index in [0.29, 0.717) is 5.69 Å². The minimum atomic E-state index is -0.304. The quantitative estimate of drug-likeness (QED) is 0.699. The highest BCUT2D eigenvalue weighted by Crippen LogP contribution is 2.52. The highest BCUT2D eigenvalue weighted by Gasteiger charge is 2.57. The molecule has 5 heteroatoms. The van der Waals surface area contributed by atoms with Gasteiger partial charge < -0.3 is 15.0 Å². The van der Waals surface area contributed by atoms with Gasteiger partial charge in [-0.05, 0) is 61.9 Å². The molecule has 150 valence electrons. The van der Waals surface area contributed by atoms with E-state index in [1.807, 2.05) is 30.0 Å². The second kappa shape index (κ2) is 6.70. The lowest BCUT2D eigenvalue weighted by Gasteiger charge is -2.36. The van der Waals surface area contributed by atoms with Crippen molar-refractivity contribution in [3.63, 3.8) is 0 Å². The van der Waals surface area contributed by atoms with E-state index < -0.39 is 0 Å². The molecule has 1 aromatic heterocycles. The molecule has 3 aromatic rings. The molecule has 0 saturated carbocycles. The van der Waals surface area contributed by atoms with E-state index in [2.05, 4.69) is 17.1 Å². The molecule has 4 nitrogen and oxygen atoms in total. The molecule has 1 amide bonds. The fraction of sp³-hybridized carbons (Fsp3) is 0.375. The van der Waals surface area contributed by atoms with E-state index in [1.54, 1.807) is 6.07 Å². The summed E-state index contributed by atoms with van der Waals surface area (Å²) in [5.41, 5.74) is 2.99. The van der Waals surface area contributed by atoms with Gasteiger partial charge in [0.15, 0.2) is 0 Å². The Balaban J connectivity index is 1.49. The number of hydrogen-bond acceptors (Lipinski definition) is 2. The van der Waals surface area contributed by atoms with Crippen LogP contribution < -0.4 is 0 Å². The lowest BCUT2D eigenvalue weighted by molar-refractivity contribution is 0.0567. The lowest BCUT2D eigenvalue weighted by atomic mass is 9.70. The highest BCUT2D eigenvalue weighted by molar-refractivity contribution is 6.01. The van der Waals surface area contributed by atoms with Crippen LogP contribution in [0.3, 0.4) is 0 Å². The van der Waals surface area contributed by atoms with Crippen molar-refractivity contribution in [2.45, 2.75) is 44.7 Å². The SMILES string of the molecule is Cc1c(C(=O)N2[C@H]3CC[C@@H]2[C@@](CO)(Cc2ccccc2)C3)[nH]c2ccc(F)cc12. The minimum Gasteiger partial charge on any atom is -0.396 e. The Kier molecular flexibility index (Phi) is 4.24. The van der Waals surface area contributed by atoms with Crippen molar-refractivity contribution in [1.82, 2.24) is 9.88 Å². The van der Waals surface area contributed by atoms with Gasteiger partial charge in [0.1, 0.15) is 11.5 Å². The van der Waals surface area contributed by atoms with Crippen molar-refractivity contribution in [1.29, 1.82) is 0 Å². The lowest BCUT2D eigenvalue weighted by Crippen LogP contribution is -2.44. The summed E-state index contributed by atoms with van der Waals surface area (Å²) < 4.78 is 13.7. The second-order valence-corrected chi connectivity index (χ2v) is 8.66. The molecule has 0 radical (unpaired) electrons. The van der Waals surface area contributed by atoms with Crippen molar-refractivity contribution in [3.05, 3.63) is 71.2 Å². The third-order valence-corrected chi connectivity index (χ3v) is 7.03. The first-order valence-corrected chi connectivity index (χ1v) is 10.3. The standard InChI is InChI=1S/C24H25FN2O2/c1-15-19-11-17(25)7-9-20(19)26-22(15)23(29)27-18-8-10-21(27)24(13-18,14-28)12-16-5-3-2-4-6-16/h2-7,9,11,18,21,26,28H,8,10,12-14H2,1H3/t18-,21+,24-/m0/s1. The number of carbonyl (C=O) groups is 1. The zero-order valence-electron chi connectivity index (χ0n) is 16.5. The Morgan fingerprint density at radius 3 is 2.79 bits per heavy atom. The Morgan fingerprint density at radius 2 is 2.03 bits per heavy atom. The summed E-state index contributed by atoms with van der Waals surface area (Å²) in [5.74, 6) is -0.336. The molecule has 29 heavy (non-hydrogen) atoms. The molecule has 2 aromatic carbocycles. The largest absolute Gasteiger partial charge is 0.396 e. The molecule has 2 aliphatic rings. The summed E-state index contributed by atoms with van der Waals surface area (Å²) in [5, 5.41) is 11.1. The van der Waals surface area contributed by atoms with Crippen molar-refractivity contribution in [2.24, 2.45) is 5.41 Å². The first-order valence-electron chi connectivity index (χ1n) is 10.3. The topological polar surface area (TPSA) is 56.3 Å². The molecular weight excluding hydrogens is 367 g/mol. The number of nitrogens with zero attached hydrogens (tertiary/aromatic N) is 1. The first-order chi connectivity index (χ1) is 14.0. The van der Waals surface area contributed by atoms with Crippen LogP contribution >= 0.6 is 0 Å². The number of aryl methyl sites for hydroxylation is 1. The fourth-order valence-corrected chi connectivity index (χ4v) is 5.66. The summed E-state index contributed by atoms with van der Waals surface area (Å²) in [7, 11) is 0. The molecule has 2 fully saturated rings. The maximum atomic E-state index is 13.7. The number of nitrogens with one attached hydrogen (secondary N) is 1. The third-order valence-electron chi connectivity index (χ3n) is 7.03. The van der Waals surface area contributed by atoms with E-state index in [9.17, 15) is 14.3 Å². The maximum absolute atomic E-state index is 13.7. The molecular formula is C24H25FN2O2. The number of aromatic nitrogens is 1. The second-order valence-electron chi connectivity index (χ2n) is 8.66. The van der Waals surface area contributed by atoms with Crippen molar-refractivity contribution >= 4 is 16.8 Å². The summed E-state index contributed by atoms with van der Waals surface area (Å²) in [6.07, 6.45) is 3.48. The van der Waals surface area contributed by atoms with E-state index in [0.717, 1.165) is 42.1 Å². The van der Waals surface area contributed by atoms with E-state index in [-0.39, 0.29) is 35.8 Å². The zero-order valence-corrected chi connectivity index (χ0v) is 16.5. The molecule has 0 spiro atoms. The molecule has 0 unspecified atom stereocenters. The Morgan fingerprint density at radius 1 is 1.24 bits per heavy atom. The number of aromatic amines is 1. The van der Waals surface area contributed by atoms with Crippen LogP contribution in [0.2, 0.25) is 0 Å². The van der Waals surface area contributed by atoms with Crippen molar-refractivity contribution in [2.75, 3.05) is 6.61 Å². The number of aliphatic hydroxyl groups is 1. The number of rotatable bonds is 4. The molecule has 3 heterocycles. The Labute approximate surface area is 169 Å². The number of halogens is 1. The predicted octanol–water partition coefficient (Wildman–Crippen LogP) is 4.21. The fourth-order valence-electron chi connectivity index (χ4n) is 5.66. The number of aliphatic hydroxyl groups excluding tert-OH is 1. The van der Waals surface area contributed by atoms with Crippen LogP contribution in [0.5, 0.6) is 0 Å². The van der Waals surface area contributed by atoms with Gasteiger partial charge in [-0.15, -0.1) is 0 Å². The minimum absolute atomic E-state index is 0.0211. The van der Waals surface area contributed by atoms with Gasteiger partial charge in [0.2, 0.25) is 0 Å². The van der Waals surface area contributed by atoms with Crippen LogP contribution in [0.25, 0.3) is 10.9 Å². The van der Waals surface area contributed by atoms with Crippen molar-refractivity contribution < 1.29 is 14.3 Å². The Bertz CT molecular complexity index is 1080. The van der Waals surface area contributed by atoms with Gasteiger partial charge in [-0.3, -0.25) is 4.79 Å². The smallest absolute Gasteiger partial charge is 0.271 e. The van der Waals surface area contributed by atoms with E-state index >= 15 is 0 Å². The molecule has 2 bridgehead atoms. The number of hydrogen-bond donors (Lipinski definition) is 2. The number of H-pyrrole nitrogens is 1. The molecule has 3 atom stereocenters. The first kappa shape index (κ1) is 18.4. The summed E-state index contributed by atoms with van der Waals surface area (Å²) in [4.78, 5) is 18.8. The molecule has 2 aliphatic heterocycles. The molecule has 2 saturated heterocycles. The summed E-state index contributed by atoms with van der Waals surface area (Å²) in [6.45, 7) is 1.94. The molecule has 5 rings (SSSR count). The average Bonchev–Trinajstić information content (AvgIpc) is 3.38. The van der Waals surface area contributed by atoms with Gasteiger partial charge in [-0.25, -0.2) is 4.39 Å². The van der Waals surface area contributed by atoms with Gasteiger partial charge in [-0.2, -0.15) is 0 Å². The number of fused-ring (bicyclic) bond motifs is 3. The van der Waals surface area contributed by atoms with Gasteiger partial charge in [-0.1, -0.05) is 30.3 Å². The van der Waals surface area contributed by atoms with Crippen LogP contribution in [-0.4, -0.2) is 39.6 Å². The number of benzene rings is 2. The van der Waals surface area contributed by atoms with Crippen LogP contribution in [0.15, 0.2) is 48.5 Å². The van der Waals surface area contributed by atoms with E-state index in [4.69, 9.17) is 0 Å². The van der Waals surface area contributed by atoms with Crippen LogP contribution in [0, 0.1) is 18.2 Å². The normalized spacial score (nSPS) is 25.8. The Hall–Kier alpha value is -2.66.